The number of alkyl halides is 3. The molecule has 0 amide bonds. The number of allylic oxidation sites excluding steroid dienone is 2. The molecular formula is C13H11F3O. The van der Waals surface area contributed by atoms with E-state index in [-0.39, 0.29) is 5.78 Å². The summed E-state index contributed by atoms with van der Waals surface area (Å²) in [5.74, 6) is -0.0105. The first kappa shape index (κ1) is 11.9. The number of benzene rings is 1. The first-order valence-corrected chi connectivity index (χ1v) is 5.38. The maximum absolute atomic E-state index is 12.5. The molecule has 0 aromatic heterocycles. The summed E-state index contributed by atoms with van der Waals surface area (Å²) in [5, 5.41) is 0. The zero-order valence-electron chi connectivity index (χ0n) is 9.05. The third-order valence-electron chi connectivity index (χ3n) is 2.77. The smallest absolute Gasteiger partial charge is 0.295 e. The van der Waals surface area contributed by atoms with Gasteiger partial charge in [-0.3, -0.25) is 4.79 Å². The number of rotatable bonds is 1. The molecule has 1 aliphatic carbocycles. The van der Waals surface area contributed by atoms with Crippen LogP contribution in [0.4, 0.5) is 13.2 Å². The number of hydrogen-bond donors (Lipinski definition) is 0. The fourth-order valence-electron chi connectivity index (χ4n) is 1.91. The summed E-state index contributed by atoms with van der Waals surface area (Å²) in [6.07, 6.45) is -1.02. The molecule has 0 spiro atoms. The molecule has 0 atom stereocenters. The molecule has 0 aliphatic heterocycles. The van der Waals surface area contributed by atoms with E-state index in [0.717, 1.165) is 12.1 Å². The van der Waals surface area contributed by atoms with Crippen LogP contribution in [-0.2, 0) is 11.0 Å². The average Bonchev–Trinajstić information content (AvgIpc) is 2.28. The van der Waals surface area contributed by atoms with E-state index < -0.39 is 11.7 Å². The summed E-state index contributed by atoms with van der Waals surface area (Å²) >= 11 is 0. The van der Waals surface area contributed by atoms with Gasteiger partial charge in [-0.1, -0.05) is 12.1 Å². The molecule has 0 unspecified atom stereocenters. The van der Waals surface area contributed by atoms with Crippen LogP contribution in [-0.4, -0.2) is 5.78 Å². The van der Waals surface area contributed by atoms with Crippen molar-refractivity contribution < 1.29 is 18.0 Å². The second-order valence-electron chi connectivity index (χ2n) is 4.07. The fraction of sp³-hybridized carbons (Fsp3) is 0.308. The Morgan fingerprint density at radius 2 is 1.88 bits per heavy atom. The van der Waals surface area contributed by atoms with Crippen molar-refractivity contribution in [2.45, 2.75) is 25.4 Å². The van der Waals surface area contributed by atoms with E-state index in [2.05, 4.69) is 0 Å². The lowest BCUT2D eigenvalue weighted by atomic mass is 9.92. The number of ketones is 1. The van der Waals surface area contributed by atoms with Crippen LogP contribution in [0.5, 0.6) is 0 Å². The molecule has 1 aromatic carbocycles. The molecule has 1 aliphatic rings. The normalized spacial score (nSPS) is 16.9. The van der Waals surface area contributed by atoms with E-state index in [1.165, 1.54) is 12.1 Å². The van der Waals surface area contributed by atoms with Crippen LogP contribution < -0.4 is 0 Å². The van der Waals surface area contributed by atoms with Crippen molar-refractivity contribution in [3.05, 3.63) is 41.5 Å². The van der Waals surface area contributed by atoms with Gasteiger partial charge in [0.1, 0.15) is 0 Å². The maximum Gasteiger partial charge on any atom is 0.416 e. The standard InChI is InChI=1S/C13H11F3O/c14-13(15,16)11-5-1-3-9(7-11)10-4-2-6-12(17)8-10/h1,3,5,7-8H,2,4,6H2. The second-order valence-corrected chi connectivity index (χ2v) is 4.07. The molecule has 0 saturated heterocycles. The molecule has 0 radical (unpaired) electrons. The Bertz CT molecular complexity index is 472. The number of carbonyl (C=O) groups is 1. The topological polar surface area (TPSA) is 17.1 Å². The molecule has 0 N–H and O–H groups in total. The monoisotopic (exact) mass is 240 g/mol. The highest BCUT2D eigenvalue weighted by Crippen LogP contribution is 2.32. The van der Waals surface area contributed by atoms with Crippen LogP contribution in [0.25, 0.3) is 5.57 Å². The number of halogens is 3. The van der Waals surface area contributed by atoms with Gasteiger partial charge < -0.3 is 0 Å². The van der Waals surface area contributed by atoms with E-state index in [1.54, 1.807) is 6.07 Å². The van der Waals surface area contributed by atoms with Crippen LogP contribution in [0.15, 0.2) is 30.3 Å². The van der Waals surface area contributed by atoms with Gasteiger partial charge in [0.05, 0.1) is 5.56 Å². The molecule has 90 valence electrons. The molecule has 0 bridgehead atoms. The molecule has 0 saturated carbocycles. The zero-order chi connectivity index (χ0) is 12.5. The maximum atomic E-state index is 12.5. The van der Waals surface area contributed by atoms with E-state index in [9.17, 15) is 18.0 Å². The first-order valence-electron chi connectivity index (χ1n) is 5.38. The molecule has 0 heterocycles. The lowest BCUT2D eigenvalue weighted by Gasteiger charge is -2.14. The quantitative estimate of drug-likeness (QED) is 0.728. The van der Waals surface area contributed by atoms with Crippen molar-refractivity contribution in [1.82, 2.24) is 0 Å². The number of carbonyl (C=O) groups excluding carboxylic acids is 1. The fourth-order valence-corrected chi connectivity index (χ4v) is 1.91. The second kappa shape index (κ2) is 4.35. The Morgan fingerprint density at radius 1 is 1.12 bits per heavy atom. The molecule has 17 heavy (non-hydrogen) atoms. The Balaban J connectivity index is 2.37. The van der Waals surface area contributed by atoms with Crippen LogP contribution in [0.2, 0.25) is 0 Å². The Labute approximate surface area is 96.9 Å². The summed E-state index contributed by atoms with van der Waals surface area (Å²) < 4.78 is 37.6. The van der Waals surface area contributed by atoms with Crippen molar-refractivity contribution in [1.29, 1.82) is 0 Å². The molecular weight excluding hydrogens is 229 g/mol. The first-order chi connectivity index (χ1) is 7.97. The summed E-state index contributed by atoms with van der Waals surface area (Å²) in [7, 11) is 0. The summed E-state index contributed by atoms with van der Waals surface area (Å²) in [6.45, 7) is 0. The minimum atomic E-state index is -4.34. The van der Waals surface area contributed by atoms with Crippen LogP contribution in [0, 0.1) is 0 Å². The summed E-state index contributed by atoms with van der Waals surface area (Å²) in [4.78, 5) is 11.2. The molecule has 1 nitrogen and oxygen atoms in total. The number of hydrogen-bond acceptors (Lipinski definition) is 1. The van der Waals surface area contributed by atoms with Crippen molar-refractivity contribution in [2.75, 3.05) is 0 Å². The largest absolute Gasteiger partial charge is 0.416 e. The van der Waals surface area contributed by atoms with Gasteiger partial charge >= 0.3 is 6.18 Å². The lowest BCUT2D eigenvalue weighted by Crippen LogP contribution is -2.06. The van der Waals surface area contributed by atoms with Crippen molar-refractivity contribution in [2.24, 2.45) is 0 Å². The highest BCUT2D eigenvalue weighted by atomic mass is 19.4. The Kier molecular flexibility index (Phi) is 3.05. The van der Waals surface area contributed by atoms with E-state index >= 15 is 0 Å². The minimum Gasteiger partial charge on any atom is -0.295 e. The lowest BCUT2D eigenvalue weighted by molar-refractivity contribution is -0.137. The Morgan fingerprint density at radius 3 is 2.53 bits per heavy atom. The predicted octanol–water partition coefficient (Wildman–Crippen LogP) is 3.84. The van der Waals surface area contributed by atoms with Gasteiger partial charge in [0.25, 0.3) is 0 Å². The third kappa shape index (κ3) is 2.75. The summed E-state index contributed by atoms with van der Waals surface area (Å²) in [6, 6.07) is 5.12. The van der Waals surface area contributed by atoms with Crippen LogP contribution in [0.1, 0.15) is 30.4 Å². The van der Waals surface area contributed by atoms with Gasteiger partial charge in [0.2, 0.25) is 0 Å². The van der Waals surface area contributed by atoms with Crippen molar-refractivity contribution in [3.8, 4) is 0 Å². The Hall–Kier alpha value is -1.58. The van der Waals surface area contributed by atoms with Crippen LogP contribution in [0.3, 0.4) is 0 Å². The van der Waals surface area contributed by atoms with Gasteiger partial charge in [-0.05, 0) is 42.2 Å². The average molecular weight is 240 g/mol. The summed E-state index contributed by atoms with van der Waals surface area (Å²) in [5.41, 5.74) is 0.522. The molecule has 2 rings (SSSR count). The van der Waals surface area contributed by atoms with Crippen molar-refractivity contribution in [3.63, 3.8) is 0 Å². The predicted molar refractivity (Wildman–Crippen MR) is 58.3 cm³/mol. The van der Waals surface area contributed by atoms with E-state index in [1.807, 2.05) is 0 Å². The molecule has 1 aromatic rings. The SMILES string of the molecule is O=C1C=C(c2cccc(C(F)(F)F)c2)CCC1. The minimum absolute atomic E-state index is 0.0105. The highest BCUT2D eigenvalue weighted by molar-refractivity contribution is 5.98. The molecule has 4 heteroatoms. The van der Waals surface area contributed by atoms with Gasteiger partial charge in [-0.25, -0.2) is 0 Å². The molecule has 0 fully saturated rings. The van der Waals surface area contributed by atoms with E-state index in [4.69, 9.17) is 0 Å². The van der Waals surface area contributed by atoms with Gasteiger partial charge in [-0.2, -0.15) is 13.2 Å². The van der Waals surface area contributed by atoms with Crippen molar-refractivity contribution >= 4 is 11.4 Å². The van der Waals surface area contributed by atoms with Gasteiger partial charge in [-0.15, -0.1) is 0 Å². The third-order valence-corrected chi connectivity index (χ3v) is 2.77. The highest BCUT2D eigenvalue weighted by Gasteiger charge is 2.30. The van der Waals surface area contributed by atoms with Gasteiger partial charge in [0.15, 0.2) is 5.78 Å². The van der Waals surface area contributed by atoms with Gasteiger partial charge in [0, 0.05) is 6.42 Å². The van der Waals surface area contributed by atoms with Crippen LogP contribution >= 0.6 is 0 Å². The zero-order valence-corrected chi connectivity index (χ0v) is 9.05. The van der Waals surface area contributed by atoms with E-state index in [0.29, 0.717) is 30.4 Å².